The second-order valence-electron chi connectivity index (χ2n) is 7.28. The van der Waals surface area contributed by atoms with Crippen molar-refractivity contribution in [2.24, 2.45) is 0 Å². The molecule has 4 rings (SSSR count). The molecule has 3 aromatic rings. The summed E-state index contributed by atoms with van der Waals surface area (Å²) in [6, 6.07) is 13.7. The summed E-state index contributed by atoms with van der Waals surface area (Å²) in [5.41, 5.74) is 4.68. The third kappa shape index (κ3) is 3.10. The smallest absolute Gasteiger partial charge is 0.221 e. The van der Waals surface area contributed by atoms with Crippen molar-refractivity contribution < 1.29 is 9.53 Å². The molecule has 5 nitrogen and oxygen atoms in total. The molecule has 0 saturated carbocycles. The molecular formula is C21H21N3O2S2. The maximum atomic E-state index is 11.2. The van der Waals surface area contributed by atoms with E-state index in [-0.39, 0.29) is 11.4 Å². The molecule has 28 heavy (non-hydrogen) atoms. The standard InChI is InChI=1S/C21H21N3O2S2/c1-12(25)22-13-5-7-14(8-6-13)24-20(27)18-16-11-15(26-4)9-10-17(16)23-21(2,3)19(18)28-24/h5-11,23H,1-4H3,(H,22,25). The number of carbonyl (C=O) groups is 1. The molecule has 0 saturated heterocycles. The Morgan fingerprint density at radius 1 is 1.21 bits per heavy atom. The van der Waals surface area contributed by atoms with Gasteiger partial charge >= 0.3 is 0 Å². The Balaban J connectivity index is 1.87. The molecule has 2 aromatic carbocycles. The van der Waals surface area contributed by atoms with Crippen molar-refractivity contribution in [2.45, 2.75) is 26.3 Å². The number of ether oxygens (including phenoxy) is 1. The second-order valence-corrected chi connectivity index (χ2v) is 8.63. The number of anilines is 2. The fourth-order valence-corrected chi connectivity index (χ4v) is 5.11. The summed E-state index contributed by atoms with van der Waals surface area (Å²) in [6.07, 6.45) is 0. The lowest BCUT2D eigenvalue weighted by Gasteiger charge is -2.33. The van der Waals surface area contributed by atoms with E-state index in [1.54, 1.807) is 18.6 Å². The van der Waals surface area contributed by atoms with E-state index >= 15 is 0 Å². The van der Waals surface area contributed by atoms with Crippen LogP contribution in [-0.2, 0) is 10.3 Å². The number of hydrogen-bond acceptors (Lipinski definition) is 5. The lowest BCUT2D eigenvalue weighted by Crippen LogP contribution is -2.30. The number of amides is 1. The van der Waals surface area contributed by atoms with Crippen LogP contribution in [0.4, 0.5) is 11.4 Å². The van der Waals surface area contributed by atoms with Crippen LogP contribution in [0, 0.1) is 4.64 Å². The van der Waals surface area contributed by atoms with Gasteiger partial charge in [-0.05, 0) is 56.3 Å². The molecule has 2 heterocycles. The summed E-state index contributed by atoms with van der Waals surface area (Å²) in [5.74, 6) is 0.715. The Morgan fingerprint density at radius 3 is 2.57 bits per heavy atom. The van der Waals surface area contributed by atoms with Gasteiger partial charge in [0.15, 0.2) is 0 Å². The second kappa shape index (κ2) is 6.76. The molecule has 144 valence electrons. The molecule has 0 fully saturated rings. The van der Waals surface area contributed by atoms with E-state index in [1.165, 1.54) is 11.8 Å². The summed E-state index contributed by atoms with van der Waals surface area (Å²) in [4.78, 5) is 12.4. The summed E-state index contributed by atoms with van der Waals surface area (Å²) >= 11 is 7.53. The zero-order chi connectivity index (χ0) is 20.1. The van der Waals surface area contributed by atoms with Gasteiger partial charge in [0.2, 0.25) is 5.91 Å². The number of methoxy groups -OCH3 is 1. The Bertz CT molecular complexity index is 1130. The summed E-state index contributed by atoms with van der Waals surface area (Å²) in [6.45, 7) is 5.82. The fraction of sp³-hybridized carbons (Fsp3) is 0.238. The van der Waals surface area contributed by atoms with E-state index in [1.807, 2.05) is 42.5 Å². The van der Waals surface area contributed by atoms with Gasteiger partial charge in [-0.15, -0.1) is 0 Å². The van der Waals surface area contributed by atoms with Crippen LogP contribution in [0.25, 0.3) is 16.8 Å². The van der Waals surface area contributed by atoms with Crippen LogP contribution in [0.15, 0.2) is 42.5 Å². The molecule has 0 aliphatic carbocycles. The minimum atomic E-state index is -0.240. The first-order valence-corrected chi connectivity index (χ1v) is 10.1. The highest BCUT2D eigenvalue weighted by molar-refractivity contribution is 7.71. The molecule has 1 aliphatic heterocycles. The first kappa shape index (κ1) is 18.7. The van der Waals surface area contributed by atoms with E-state index in [4.69, 9.17) is 17.0 Å². The minimum Gasteiger partial charge on any atom is -0.497 e. The Labute approximate surface area is 173 Å². The third-order valence-corrected chi connectivity index (χ3v) is 6.72. The zero-order valence-corrected chi connectivity index (χ0v) is 17.8. The molecule has 0 unspecified atom stereocenters. The average Bonchev–Trinajstić information content (AvgIpc) is 3.00. The number of benzene rings is 2. The lowest BCUT2D eigenvalue weighted by molar-refractivity contribution is -0.114. The van der Waals surface area contributed by atoms with Crippen molar-refractivity contribution in [1.29, 1.82) is 0 Å². The Hall–Kier alpha value is -2.64. The summed E-state index contributed by atoms with van der Waals surface area (Å²) < 4.78 is 8.26. The van der Waals surface area contributed by atoms with Crippen molar-refractivity contribution >= 4 is 41.0 Å². The monoisotopic (exact) mass is 411 g/mol. The van der Waals surface area contributed by atoms with Crippen LogP contribution < -0.4 is 15.4 Å². The van der Waals surface area contributed by atoms with Crippen LogP contribution in [0.1, 0.15) is 25.6 Å². The molecule has 0 atom stereocenters. The highest BCUT2D eigenvalue weighted by Crippen LogP contribution is 2.48. The zero-order valence-electron chi connectivity index (χ0n) is 16.1. The summed E-state index contributed by atoms with van der Waals surface area (Å²) in [7, 11) is 1.67. The molecule has 2 N–H and O–H groups in total. The van der Waals surface area contributed by atoms with E-state index in [0.29, 0.717) is 0 Å². The molecule has 0 spiro atoms. The topological polar surface area (TPSA) is 55.3 Å². The number of nitrogens with zero attached hydrogens (tertiary/aromatic N) is 1. The number of hydrogen-bond donors (Lipinski definition) is 2. The van der Waals surface area contributed by atoms with Crippen molar-refractivity contribution in [3.8, 4) is 22.6 Å². The maximum absolute atomic E-state index is 11.2. The fourth-order valence-electron chi connectivity index (χ4n) is 3.45. The predicted octanol–water partition coefficient (Wildman–Crippen LogP) is 5.56. The largest absolute Gasteiger partial charge is 0.497 e. The molecule has 1 aromatic heterocycles. The van der Waals surface area contributed by atoms with Gasteiger partial charge in [0.1, 0.15) is 10.4 Å². The number of aromatic nitrogens is 1. The predicted molar refractivity (Wildman–Crippen MR) is 117 cm³/mol. The first-order valence-electron chi connectivity index (χ1n) is 8.91. The highest BCUT2D eigenvalue weighted by atomic mass is 32.1. The highest BCUT2D eigenvalue weighted by Gasteiger charge is 2.34. The molecule has 7 heteroatoms. The van der Waals surface area contributed by atoms with E-state index in [0.717, 1.165) is 38.6 Å². The van der Waals surface area contributed by atoms with Crippen molar-refractivity contribution in [1.82, 2.24) is 3.96 Å². The lowest BCUT2D eigenvalue weighted by atomic mass is 9.90. The average molecular weight is 412 g/mol. The van der Waals surface area contributed by atoms with Gasteiger partial charge in [-0.25, -0.2) is 0 Å². The summed E-state index contributed by atoms with van der Waals surface area (Å²) in [5, 5.41) is 6.41. The van der Waals surface area contributed by atoms with Gasteiger partial charge in [0, 0.05) is 29.4 Å². The van der Waals surface area contributed by atoms with E-state index in [9.17, 15) is 4.79 Å². The number of fused-ring (bicyclic) bond motifs is 3. The molecule has 1 amide bonds. The quantitative estimate of drug-likeness (QED) is 0.554. The Morgan fingerprint density at radius 2 is 1.93 bits per heavy atom. The van der Waals surface area contributed by atoms with Crippen LogP contribution in [-0.4, -0.2) is 17.0 Å². The number of rotatable bonds is 3. The van der Waals surface area contributed by atoms with Gasteiger partial charge in [0.05, 0.1) is 23.2 Å². The van der Waals surface area contributed by atoms with Crippen molar-refractivity contribution in [2.75, 3.05) is 17.7 Å². The SMILES string of the molecule is COc1ccc2c(c1)-c1c(sn(-c3ccc(NC(C)=O)cc3)c1=S)C(C)(C)N2. The molecule has 1 aliphatic rings. The van der Waals surface area contributed by atoms with Gasteiger partial charge < -0.3 is 15.4 Å². The van der Waals surface area contributed by atoms with Gasteiger partial charge in [-0.1, -0.05) is 23.8 Å². The molecule has 0 radical (unpaired) electrons. The van der Waals surface area contributed by atoms with E-state index < -0.39 is 0 Å². The van der Waals surface area contributed by atoms with Crippen LogP contribution in [0.3, 0.4) is 0 Å². The van der Waals surface area contributed by atoms with Gasteiger partial charge in [-0.2, -0.15) is 0 Å². The normalized spacial score (nSPS) is 13.9. The number of carbonyl (C=O) groups excluding carboxylic acids is 1. The molecular weight excluding hydrogens is 390 g/mol. The Kier molecular flexibility index (Phi) is 4.51. The first-order chi connectivity index (χ1) is 13.3. The molecule has 0 bridgehead atoms. The van der Waals surface area contributed by atoms with Crippen LogP contribution in [0.2, 0.25) is 0 Å². The van der Waals surface area contributed by atoms with E-state index in [2.05, 4.69) is 28.4 Å². The maximum Gasteiger partial charge on any atom is 0.221 e. The number of nitrogens with one attached hydrogen (secondary N) is 2. The van der Waals surface area contributed by atoms with Gasteiger partial charge in [-0.3, -0.25) is 8.75 Å². The van der Waals surface area contributed by atoms with Crippen LogP contribution in [0.5, 0.6) is 5.75 Å². The van der Waals surface area contributed by atoms with Crippen molar-refractivity contribution in [3.05, 3.63) is 52.0 Å². The van der Waals surface area contributed by atoms with Crippen LogP contribution >= 0.6 is 23.8 Å². The van der Waals surface area contributed by atoms with Gasteiger partial charge in [0.25, 0.3) is 0 Å². The third-order valence-electron chi connectivity index (χ3n) is 4.74. The van der Waals surface area contributed by atoms with Crippen molar-refractivity contribution in [3.63, 3.8) is 0 Å². The minimum absolute atomic E-state index is 0.0886.